The molecule has 24 heavy (non-hydrogen) atoms. The molecule has 0 aromatic rings. The standard InChI is InChI=1S/C19H35N3O2/c1-3-21-12-13-22(19(21)23)17-8-10-20(11-9-17)14-15-24-18-7-5-4-6-16(18)2/h16-18H,3-15H2,1-2H3. The molecule has 2 unspecified atom stereocenters. The van der Waals surface area contributed by atoms with Crippen molar-refractivity contribution in [2.45, 2.75) is 64.5 Å². The van der Waals surface area contributed by atoms with E-state index in [1.165, 1.54) is 25.7 Å². The lowest BCUT2D eigenvalue weighted by Crippen LogP contribution is -2.47. The third-order valence-electron chi connectivity index (χ3n) is 6.28. The monoisotopic (exact) mass is 337 g/mol. The van der Waals surface area contributed by atoms with Crippen LogP contribution in [0.1, 0.15) is 52.4 Å². The lowest BCUT2D eigenvalue weighted by atomic mass is 9.88. The first-order chi connectivity index (χ1) is 11.7. The molecule has 3 fully saturated rings. The summed E-state index contributed by atoms with van der Waals surface area (Å²) in [5.74, 6) is 0.729. The van der Waals surface area contributed by atoms with Crippen LogP contribution in [0, 0.1) is 5.92 Å². The summed E-state index contributed by atoms with van der Waals surface area (Å²) < 4.78 is 6.16. The van der Waals surface area contributed by atoms with Gasteiger partial charge in [-0.2, -0.15) is 0 Å². The van der Waals surface area contributed by atoms with E-state index in [0.29, 0.717) is 12.1 Å². The molecule has 2 heterocycles. The second kappa shape index (κ2) is 8.52. The minimum atomic E-state index is 0.255. The van der Waals surface area contributed by atoms with Crippen LogP contribution >= 0.6 is 0 Å². The number of likely N-dealkylation sites (tertiary alicyclic amines) is 1. The topological polar surface area (TPSA) is 36.0 Å². The summed E-state index contributed by atoms with van der Waals surface area (Å²) >= 11 is 0. The summed E-state index contributed by atoms with van der Waals surface area (Å²) in [4.78, 5) is 18.9. The van der Waals surface area contributed by atoms with E-state index in [4.69, 9.17) is 4.74 Å². The molecule has 1 aliphatic carbocycles. The van der Waals surface area contributed by atoms with Gasteiger partial charge in [0.2, 0.25) is 0 Å². The summed E-state index contributed by atoms with van der Waals surface area (Å²) in [5.41, 5.74) is 0. The molecule has 2 aliphatic heterocycles. The number of amides is 2. The number of hydrogen-bond donors (Lipinski definition) is 0. The third-order valence-corrected chi connectivity index (χ3v) is 6.28. The van der Waals surface area contributed by atoms with Crippen molar-refractivity contribution in [3.8, 4) is 0 Å². The summed E-state index contributed by atoms with van der Waals surface area (Å²) in [6.45, 7) is 11.2. The van der Waals surface area contributed by atoms with E-state index in [2.05, 4.69) is 23.6 Å². The van der Waals surface area contributed by atoms with Crippen molar-refractivity contribution < 1.29 is 9.53 Å². The highest BCUT2D eigenvalue weighted by atomic mass is 16.5. The van der Waals surface area contributed by atoms with Gasteiger partial charge in [-0.1, -0.05) is 19.8 Å². The molecule has 3 aliphatic rings. The van der Waals surface area contributed by atoms with Crippen molar-refractivity contribution in [1.29, 1.82) is 0 Å². The second-order valence-corrected chi connectivity index (χ2v) is 7.80. The van der Waals surface area contributed by atoms with Gasteiger partial charge in [0.05, 0.1) is 12.7 Å². The van der Waals surface area contributed by atoms with Crippen LogP contribution in [-0.2, 0) is 4.74 Å². The lowest BCUT2D eigenvalue weighted by Gasteiger charge is -2.37. The predicted octanol–water partition coefficient (Wildman–Crippen LogP) is 2.80. The Labute approximate surface area is 147 Å². The van der Waals surface area contributed by atoms with Gasteiger partial charge in [0.15, 0.2) is 0 Å². The van der Waals surface area contributed by atoms with E-state index in [0.717, 1.165) is 64.6 Å². The molecule has 2 atom stereocenters. The number of ether oxygens (including phenoxy) is 1. The van der Waals surface area contributed by atoms with Crippen molar-refractivity contribution >= 4 is 6.03 Å². The molecule has 0 aromatic carbocycles. The van der Waals surface area contributed by atoms with Crippen LogP contribution in [0.4, 0.5) is 4.79 Å². The Bertz CT molecular complexity index is 409. The number of rotatable bonds is 6. The Hall–Kier alpha value is -0.810. The van der Waals surface area contributed by atoms with Gasteiger partial charge in [-0.3, -0.25) is 0 Å². The molecule has 5 nitrogen and oxygen atoms in total. The summed E-state index contributed by atoms with van der Waals surface area (Å²) in [7, 11) is 0. The number of nitrogens with zero attached hydrogens (tertiary/aromatic N) is 3. The minimum absolute atomic E-state index is 0.255. The molecule has 0 aromatic heterocycles. The van der Waals surface area contributed by atoms with Gasteiger partial charge < -0.3 is 19.4 Å². The SMILES string of the molecule is CCN1CCN(C2CCN(CCOC3CCCCC3C)CC2)C1=O. The normalized spacial score (nSPS) is 30.3. The van der Waals surface area contributed by atoms with Gasteiger partial charge in [0.1, 0.15) is 0 Å². The zero-order valence-electron chi connectivity index (χ0n) is 15.6. The van der Waals surface area contributed by atoms with Crippen molar-refractivity contribution in [3.63, 3.8) is 0 Å². The molecule has 2 saturated heterocycles. The van der Waals surface area contributed by atoms with Gasteiger partial charge in [0, 0.05) is 45.3 Å². The van der Waals surface area contributed by atoms with Crippen LogP contribution in [-0.4, -0.2) is 78.8 Å². The maximum atomic E-state index is 12.3. The van der Waals surface area contributed by atoms with Gasteiger partial charge in [0.25, 0.3) is 0 Å². The van der Waals surface area contributed by atoms with Crippen molar-refractivity contribution in [3.05, 3.63) is 0 Å². The minimum Gasteiger partial charge on any atom is -0.377 e. The highest BCUT2D eigenvalue weighted by Crippen LogP contribution is 2.26. The zero-order valence-corrected chi connectivity index (χ0v) is 15.6. The third kappa shape index (κ3) is 4.23. The van der Waals surface area contributed by atoms with Crippen LogP contribution in [0.15, 0.2) is 0 Å². The Morgan fingerprint density at radius 2 is 1.79 bits per heavy atom. The summed E-state index contributed by atoms with van der Waals surface area (Å²) in [6, 6.07) is 0.704. The molecule has 0 radical (unpaired) electrons. The smallest absolute Gasteiger partial charge is 0.320 e. The number of carbonyl (C=O) groups excluding carboxylic acids is 1. The number of hydrogen-bond acceptors (Lipinski definition) is 3. The van der Waals surface area contributed by atoms with Crippen LogP contribution in [0.25, 0.3) is 0 Å². The van der Waals surface area contributed by atoms with Crippen LogP contribution in [0.2, 0.25) is 0 Å². The van der Waals surface area contributed by atoms with E-state index in [1.54, 1.807) is 0 Å². The second-order valence-electron chi connectivity index (χ2n) is 7.80. The van der Waals surface area contributed by atoms with Gasteiger partial charge in [-0.15, -0.1) is 0 Å². The van der Waals surface area contributed by atoms with Gasteiger partial charge >= 0.3 is 6.03 Å². The lowest BCUT2D eigenvalue weighted by molar-refractivity contribution is -0.0170. The molecule has 138 valence electrons. The Balaban J connectivity index is 1.34. The van der Waals surface area contributed by atoms with E-state index >= 15 is 0 Å². The average molecular weight is 338 g/mol. The fourth-order valence-electron chi connectivity index (χ4n) is 4.55. The maximum absolute atomic E-state index is 12.3. The molecule has 3 rings (SSSR count). The van der Waals surface area contributed by atoms with E-state index in [9.17, 15) is 4.79 Å². The quantitative estimate of drug-likeness (QED) is 0.748. The number of urea groups is 1. The Morgan fingerprint density at radius 1 is 1.04 bits per heavy atom. The van der Waals surface area contributed by atoms with E-state index in [1.807, 2.05) is 4.90 Å². The first-order valence-corrected chi connectivity index (χ1v) is 10.1. The number of piperidine rings is 1. The van der Waals surface area contributed by atoms with Crippen LogP contribution < -0.4 is 0 Å². The molecule has 2 amide bonds. The van der Waals surface area contributed by atoms with E-state index in [-0.39, 0.29) is 6.03 Å². The maximum Gasteiger partial charge on any atom is 0.320 e. The highest BCUT2D eigenvalue weighted by molar-refractivity contribution is 5.76. The fraction of sp³-hybridized carbons (Fsp3) is 0.947. The molecular formula is C19H35N3O2. The molecule has 0 N–H and O–H groups in total. The van der Waals surface area contributed by atoms with Gasteiger partial charge in [-0.25, -0.2) is 4.79 Å². The summed E-state index contributed by atoms with van der Waals surface area (Å²) in [6.07, 6.45) is 7.99. The largest absolute Gasteiger partial charge is 0.377 e. The van der Waals surface area contributed by atoms with Crippen molar-refractivity contribution in [2.75, 3.05) is 45.9 Å². The van der Waals surface area contributed by atoms with Gasteiger partial charge in [-0.05, 0) is 38.5 Å². The number of carbonyl (C=O) groups is 1. The molecule has 5 heteroatoms. The van der Waals surface area contributed by atoms with Crippen LogP contribution in [0.5, 0.6) is 0 Å². The first kappa shape index (κ1) is 18.0. The summed E-state index contributed by atoms with van der Waals surface area (Å²) in [5, 5.41) is 0. The Kier molecular flexibility index (Phi) is 6.39. The average Bonchev–Trinajstić information content (AvgIpc) is 2.98. The van der Waals surface area contributed by atoms with Crippen molar-refractivity contribution in [1.82, 2.24) is 14.7 Å². The van der Waals surface area contributed by atoms with Crippen LogP contribution in [0.3, 0.4) is 0 Å². The fourth-order valence-corrected chi connectivity index (χ4v) is 4.55. The molecule has 0 spiro atoms. The predicted molar refractivity (Wildman–Crippen MR) is 96.2 cm³/mol. The highest BCUT2D eigenvalue weighted by Gasteiger charge is 2.34. The zero-order chi connectivity index (χ0) is 16.9. The molecular weight excluding hydrogens is 302 g/mol. The number of likely N-dealkylation sites (N-methyl/N-ethyl adjacent to an activating group) is 1. The molecule has 1 saturated carbocycles. The van der Waals surface area contributed by atoms with Crippen molar-refractivity contribution in [2.24, 2.45) is 5.92 Å². The first-order valence-electron chi connectivity index (χ1n) is 10.1. The molecule has 0 bridgehead atoms. The Morgan fingerprint density at radius 3 is 2.46 bits per heavy atom. The van der Waals surface area contributed by atoms with E-state index < -0.39 is 0 Å².